The predicted molar refractivity (Wildman–Crippen MR) is 101 cm³/mol. The van der Waals surface area contributed by atoms with Gasteiger partial charge in [-0.3, -0.25) is 14.2 Å². The van der Waals surface area contributed by atoms with E-state index in [-0.39, 0.29) is 25.4 Å². The van der Waals surface area contributed by atoms with Crippen molar-refractivity contribution >= 4 is 22.9 Å². The highest BCUT2D eigenvalue weighted by Gasteiger charge is 2.15. The number of carbonyl (C=O) groups is 2. The van der Waals surface area contributed by atoms with Gasteiger partial charge in [-0.1, -0.05) is 18.2 Å². The summed E-state index contributed by atoms with van der Waals surface area (Å²) in [6.07, 6.45) is -0.0252. The average molecular weight is 367 g/mol. The van der Waals surface area contributed by atoms with Gasteiger partial charge in [0.25, 0.3) is 0 Å². The number of aromatic nitrogens is 1. The van der Waals surface area contributed by atoms with Gasteiger partial charge in [-0.2, -0.15) is 0 Å². The zero-order valence-corrected chi connectivity index (χ0v) is 15.6. The number of ketones is 1. The molecule has 1 aromatic heterocycles. The molecule has 3 aromatic rings. The summed E-state index contributed by atoms with van der Waals surface area (Å²) in [6, 6.07) is 10.8. The topological polar surface area (TPSA) is 78.5 Å². The van der Waals surface area contributed by atoms with E-state index in [1.807, 2.05) is 32.9 Å². The molecule has 6 nitrogen and oxygen atoms in total. The van der Waals surface area contributed by atoms with Gasteiger partial charge in [0.15, 0.2) is 12.2 Å². The molecule has 27 heavy (non-hydrogen) atoms. The Balaban J connectivity index is 1.60. The number of ether oxygens (including phenoxy) is 1. The van der Waals surface area contributed by atoms with Crippen LogP contribution < -0.4 is 5.76 Å². The summed E-state index contributed by atoms with van der Waals surface area (Å²) in [4.78, 5) is 36.2. The van der Waals surface area contributed by atoms with Crippen molar-refractivity contribution in [3.05, 3.63) is 69.2 Å². The summed E-state index contributed by atoms with van der Waals surface area (Å²) >= 11 is 0. The van der Waals surface area contributed by atoms with E-state index in [9.17, 15) is 14.4 Å². The van der Waals surface area contributed by atoms with E-state index < -0.39 is 11.7 Å². The zero-order chi connectivity index (χ0) is 19.6. The van der Waals surface area contributed by atoms with E-state index in [0.717, 1.165) is 16.7 Å². The molecule has 0 bridgehead atoms. The number of hydrogen-bond acceptors (Lipinski definition) is 5. The van der Waals surface area contributed by atoms with Gasteiger partial charge in [0.2, 0.25) is 5.78 Å². The molecular weight excluding hydrogens is 346 g/mol. The van der Waals surface area contributed by atoms with Gasteiger partial charge in [-0.05, 0) is 55.7 Å². The molecule has 2 aromatic carbocycles. The van der Waals surface area contributed by atoms with Gasteiger partial charge in [-0.15, -0.1) is 0 Å². The molecule has 6 heteroatoms. The first-order valence-electron chi connectivity index (χ1n) is 8.72. The first kappa shape index (κ1) is 18.6. The highest BCUT2D eigenvalue weighted by Crippen LogP contribution is 2.16. The van der Waals surface area contributed by atoms with Crippen LogP contribution in [0.2, 0.25) is 0 Å². The molecule has 140 valence electrons. The standard InChI is InChI=1S/C21H21NO5/c1-13-10-15(3)16(11-14(13)2)18(23)12-26-20(24)8-9-22-17-6-4-5-7-19(17)27-21(22)25/h4-7,10-11H,8-9,12H2,1-3H3. The SMILES string of the molecule is Cc1cc(C)c(C(=O)COC(=O)CCn2c(=O)oc3ccccc32)cc1C. The van der Waals surface area contributed by atoms with Gasteiger partial charge in [0, 0.05) is 12.1 Å². The number of oxazole rings is 1. The van der Waals surface area contributed by atoms with Crippen molar-refractivity contribution in [3.63, 3.8) is 0 Å². The molecule has 0 saturated carbocycles. The Morgan fingerprint density at radius 2 is 1.74 bits per heavy atom. The summed E-state index contributed by atoms with van der Waals surface area (Å²) < 4.78 is 11.6. The van der Waals surface area contributed by atoms with E-state index >= 15 is 0 Å². The quantitative estimate of drug-likeness (QED) is 0.493. The molecule has 0 aliphatic rings. The number of carbonyl (C=O) groups excluding carboxylic acids is 2. The molecule has 0 aliphatic heterocycles. The zero-order valence-electron chi connectivity index (χ0n) is 15.6. The number of benzene rings is 2. The lowest BCUT2D eigenvalue weighted by molar-refractivity contribution is -0.142. The monoisotopic (exact) mass is 367 g/mol. The third kappa shape index (κ3) is 4.00. The Bertz CT molecular complexity index is 1070. The van der Waals surface area contributed by atoms with Crippen molar-refractivity contribution in [2.45, 2.75) is 33.7 Å². The molecule has 0 unspecified atom stereocenters. The summed E-state index contributed by atoms with van der Waals surface area (Å²) in [7, 11) is 0. The minimum Gasteiger partial charge on any atom is -0.457 e. The van der Waals surface area contributed by atoms with Crippen LogP contribution in [0.1, 0.15) is 33.5 Å². The van der Waals surface area contributed by atoms with Crippen LogP contribution >= 0.6 is 0 Å². The fourth-order valence-electron chi connectivity index (χ4n) is 2.99. The molecule has 1 heterocycles. The van der Waals surface area contributed by atoms with E-state index in [1.54, 1.807) is 24.3 Å². The maximum Gasteiger partial charge on any atom is 0.419 e. The number of hydrogen-bond donors (Lipinski definition) is 0. The normalized spacial score (nSPS) is 10.9. The van der Waals surface area contributed by atoms with Gasteiger partial charge in [-0.25, -0.2) is 4.79 Å². The number of esters is 1. The second kappa shape index (κ2) is 7.61. The highest BCUT2D eigenvalue weighted by atomic mass is 16.5. The lowest BCUT2D eigenvalue weighted by atomic mass is 9.98. The Kier molecular flexibility index (Phi) is 5.26. The molecule has 0 N–H and O–H groups in total. The molecule has 0 atom stereocenters. The fourth-order valence-corrected chi connectivity index (χ4v) is 2.99. The van der Waals surface area contributed by atoms with Crippen LogP contribution in [0.25, 0.3) is 11.1 Å². The Morgan fingerprint density at radius 3 is 2.52 bits per heavy atom. The van der Waals surface area contributed by atoms with Crippen molar-refractivity contribution in [2.24, 2.45) is 0 Å². The lowest BCUT2D eigenvalue weighted by Gasteiger charge is -2.09. The van der Waals surface area contributed by atoms with Crippen LogP contribution in [-0.4, -0.2) is 22.9 Å². The smallest absolute Gasteiger partial charge is 0.419 e. The van der Waals surface area contributed by atoms with Gasteiger partial charge in [0.1, 0.15) is 0 Å². The van der Waals surface area contributed by atoms with Gasteiger partial charge < -0.3 is 9.15 Å². The Labute approximate surface area is 156 Å². The molecular formula is C21H21NO5. The maximum atomic E-state index is 12.3. The largest absolute Gasteiger partial charge is 0.457 e. The summed E-state index contributed by atoms with van der Waals surface area (Å²) in [5.74, 6) is -1.30. The van der Waals surface area contributed by atoms with Crippen molar-refractivity contribution in [1.29, 1.82) is 0 Å². The maximum absolute atomic E-state index is 12.3. The lowest BCUT2D eigenvalue weighted by Crippen LogP contribution is -2.19. The highest BCUT2D eigenvalue weighted by molar-refractivity contribution is 5.99. The second-order valence-corrected chi connectivity index (χ2v) is 6.57. The van der Waals surface area contributed by atoms with Crippen LogP contribution in [0.15, 0.2) is 45.6 Å². The molecule has 0 amide bonds. The average Bonchev–Trinajstić information content (AvgIpc) is 2.96. The summed E-state index contributed by atoms with van der Waals surface area (Å²) in [6.45, 7) is 5.59. The molecule has 3 rings (SSSR count). The number of fused-ring (bicyclic) bond motifs is 1. The van der Waals surface area contributed by atoms with Crippen molar-refractivity contribution in [1.82, 2.24) is 4.57 Å². The van der Waals surface area contributed by atoms with Crippen molar-refractivity contribution in [2.75, 3.05) is 6.61 Å². The molecule has 0 fully saturated rings. The first-order chi connectivity index (χ1) is 12.9. The predicted octanol–water partition coefficient (Wildman–Crippen LogP) is 3.34. The summed E-state index contributed by atoms with van der Waals surface area (Å²) in [5, 5.41) is 0. The first-order valence-corrected chi connectivity index (χ1v) is 8.72. The minimum absolute atomic E-state index is 0.0252. The van der Waals surface area contributed by atoms with Gasteiger partial charge in [0.05, 0.1) is 11.9 Å². The van der Waals surface area contributed by atoms with E-state index in [4.69, 9.17) is 9.15 Å². The van der Waals surface area contributed by atoms with E-state index in [2.05, 4.69) is 0 Å². The number of aryl methyl sites for hydroxylation is 4. The van der Waals surface area contributed by atoms with Crippen LogP contribution in [0.4, 0.5) is 0 Å². The number of para-hydroxylation sites is 2. The van der Waals surface area contributed by atoms with Crippen molar-refractivity contribution < 1.29 is 18.7 Å². The van der Waals surface area contributed by atoms with Gasteiger partial charge >= 0.3 is 11.7 Å². The number of rotatable bonds is 6. The number of nitrogens with zero attached hydrogens (tertiary/aromatic N) is 1. The Morgan fingerprint density at radius 1 is 1.04 bits per heavy atom. The fraction of sp³-hybridized carbons (Fsp3) is 0.286. The van der Waals surface area contributed by atoms with Crippen LogP contribution in [-0.2, 0) is 16.1 Å². The van der Waals surface area contributed by atoms with E-state index in [0.29, 0.717) is 16.7 Å². The van der Waals surface area contributed by atoms with Crippen LogP contribution in [0.5, 0.6) is 0 Å². The minimum atomic E-state index is -0.540. The summed E-state index contributed by atoms with van der Waals surface area (Å²) in [5.41, 5.74) is 4.63. The Hall–Kier alpha value is -3.15. The van der Waals surface area contributed by atoms with Crippen molar-refractivity contribution in [3.8, 4) is 0 Å². The van der Waals surface area contributed by atoms with Crippen LogP contribution in [0, 0.1) is 20.8 Å². The van der Waals surface area contributed by atoms with Crippen LogP contribution in [0.3, 0.4) is 0 Å². The molecule has 0 aliphatic carbocycles. The molecule has 0 saturated heterocycles. The number of Topliss-reactive ketones (excluding diaryl/α,β-unsaturated/α-hetero) is 1. The second-order valence-electron chi connectivity index (χ2n) is 6.57. The molecule has 0 spiro atoms. The van der Waals surface area contributed by atoms with E-state index in [1.165, 1.54) is 4.57 Å². The third-order valence-electron chi connectivity index (χ3n) is 4.62. The third-order valence-corrected chi connectivity index (χ3v) is 4.62. The molecule has 0 radical (unpaired) electrons.